The third kappa shape index (κ3) is 5.42. The van der Waals surface area contributed by atoms with Gasteiger partial charge in [0.2, 0.25) is 0 Å². The second-order valence-corrected chi connectivity index (χ2v) is 6.00. The minimum absolute atomic E-state index is 0.573. The second kappa shape index (κ2) is 9.13. The number of halogens is 1. The van der Waals surface area contributed by atoms with E-state index in [1.165, 1.54) is 0 Å². The zero-order chi connectivity index (χ0) is 17.4. The van der Waals surface area contributed by atoms with Crippen molar-refractivity contribution in [3.8, 4) is 0 Å². The highest BCUT2D eigenvalue weighted by molar-refractivity contribution is 6.30. The van der Waals surface area contributed by atoms with Crippen molar-refractivity contribution in [3.05, 3.63) is 58.7 Å². The topological polar surface area (TPSA) is 52.6 Å². The third-order valence-electron chi connectivity index (χ3n) is 3.39. The molecule has 0 fully saturated rings. The van der Waals surface area contributed by atoms with E-state index in [1.807, 2.05) is 56.3 Å². The zero-order valence-corrected chi connectivity index (χ0v) is 15.1. The molecule has 0 aliphatic heterocycles. The molecule has 2 N–H and O–H groups in total. The van der Waals surface area contributed by atoms with Gasteiger partial charge in [-0.15, -0.1) is 0 Å². The van der Waals surface area contributed by atoms with Gasteiger partial charge in [-0.2, -0.15) is 0 Å². The minimum Gasteiger partial charge on any atom is -0.362 e. The van der Waals surface area contributed by atoms with Gasteiger partial charge in [0.15, 0.2) is 5.96 Å². The molecule has 128 valence electrons. The summed E-state index contributed by atoms with van der Waals surface area (Å²) in [7, 11) is 3.98. The molecule has 0 aliphatic carbocycles. The van der Waals surface area contributed by atoms with Crippen molar-refractivity contribution in [3.63, 3.8) is 0 Å². The first-order chi connectivity index (χ1) is 11.6. The first kappa shape index (κ1) is 18.1. The molecule has 0 unspecified atom stereocenters. The van der Waals surface area contributed by atoms with Crippen molar-refractivity contribution in [1.82, 2.24) is 15.6 Å². The standard InChI is InChI=1S/C18H24ClN5/c1-4-20-18(22-12-14-7-5-9-16(19)11-14)23-13-15-8-6-10-21-17(15)24(2)3/h5-11H,4,12-13H2,1-3H3,(H2,20,22,23). The zero-order valence-electron chi connectivity index (χ0n) is 14.4. The lowest BCUT2D eigenvalue weighted by Gasteiger charge is -2.17. The maximum atomic E-state index is 6.02. The van der Waals surface area contributed by atoms with Crippen molar-refractivity contribution in [1.29, 1.82) is 0 Å². The summed E-state index contributed by atoms with van der Waals surface area (Å²) in [4.78, 5) is 11.0. The number of anilines is 1. The molecule has 0 bridgehead atoms. The number of aliphatic imine (C=N–C) groups is 1. The van der Waals surface area contributed by atoms with E-state index in [-0.39, 0.29) is 0 Å². The first-order valence-electron chi connectivity index (χ1n) is 7.98. The van der Waals surface area contributed by atoms with Crippen LogP contribution in [0.25, 0.3) is 0 Å². The van der Waals surface area contributed by atoms with Crippen molar-refractivity contribution < 1.29 is 0 Å². The van der Waals surface area contributed by atoms with E-state index in [2.05, 4.69) is 26.7 Å². The van der Waals surface area contributed by atoms with Crippen LogP contribution >= 0.6 is 11.6 Å². The van der Waals surface area contributed by atoms with E-state index in [0.717, 1.165) is 34.5 Å². The monoisotopic (exact) mass is 345 g/mol. The number of rotatable bonds is 6. The summed E-state index contributed by atoms with van der Waals surface area (Å²) in [5, 5.41) is 7.34. The van der Waals surface area contributed by atoms with E-state index < -0.39 is 0 Å². The lowest BCUT2D eigenvalue weighted by atomic mass is 10.2. The molecule has 1 aromatic heterocycles. The predicted molar refractivity (Wildman–Crippen MR) is 102 cm³/mol. The molecule has 0 radical (unpaired) electrons. The fraction of sp³-hybridized carbons (Fsp3) is 0.333. The fourth-order valence-electron chi connectivity index (χ4n) is 2.30. The van der Waals surface area contributed by atoms with E-state index in [9.17, 15) is 0 Å². The average Bonchev–Trinajstić information content (AvgIpc) is 2.57. The molecule has 5 nitrogen and oxygen atoms in total. The van der Waals surface area contributed by atoms with Gasteiger partial charge in [0.1, 0.15) is 5.82 Å². The highest BCUT2D eigenvalue weighted by Crippen LogP contribution is 2.14. The number of hydrogen-bond acceptors (Lipinski definition) is 3. The van der Waals surface area contributed by atoms with Crippen LogP contribution in [0.4, 0.5) is 5.82 Å². The van der Waals surface area contributed by atoms with E-state index >= 15 is 0 Å². The smallest absolute Gasteiger partial charge is 0.191 e. The summed E-state index contributed by atoms with van der Waals surface area (Å²) < 4.78 is 0. The number of pyridine rings is 1. The second-order valence-electron chi connectivity index (χ2n) is 5.56. The molecule has 2 rings (SSSR count). The van der Waals surface area contributed by atoms with Gasteiger partial charge in [0.25, 0.3) is 0 Å². The van der Waals surface area contributed by atoms with Gasteiger partial charge in [-0.25, -0.2) is 9.98 Å². The highest BCUT2D eigenvalue weighted by Gasteiger charge is 2.06. The molecule has 0 spiro atoms. The van der Waals surface area contributed by atoms with Crippen LogP contribution in [-0.4, -0.2) is 31.6 Å². The minimum atomic E-state index is 0.573. The molecule has 24 heavy (non-hydrogen) atoms. The molecule has 1 heterocycles. The Bertz CT molecular complexity index is 685. The number of benzene rings is 1. The lowest BCUT2D eigenvalue weighted by Crippen LogP contribution is -2.37. The molecule has 0 aliphatic rings. The summed E-state index contributed by atoms with van der Waals surface area (Å²) in [5.41, 5.74) is 2.20. The van der Waals surface area contributed by atoms with Crippen LogP contribution in [-0.2, 0) is 13.1 Å². The van der Waals surface area contributed by atoms with Crippen molar-refractivity contribution in [2.75, 3.05) is 25.5 Å². The van der Waals surface area contributed by atoms with Crippen molar-refractivity contribution in [2.45, 2.75) is 20.0 Å². The Hall–Kier alpha value is -2.27. The van der Waals surface area contributed by atoms with Crippen LogP contribution in [0.3, 0.4) is 0 Å². The number of nitrogens with zero attached hydrogens (tertiary/aromatic N) is 3. The average molecular weight is 346 g/mol. The van der Waals surface area contributed by atoms with E-state index in [0.29, 0.717) is 13.1 Å². The van der Waals surface area contributed by atoms with Gasteiger partial charge in [-0.1, -0.05) is 29.8 Å². The molecular weight excluding hydrogens is 322 g/mol. The summed E-state index contributed by atoms with van der Waals surface area (Å²) in [5.74, 6) is 1.72. The van der Waals surface area contributed by atoms with Gasteiger partial charge < -0.3 is 15.5 Å². The van der Waals surface area contributed by atoms with E-state index in [4.69, 9.17) is 11.6 Å². The summed E-state index contributed by atoms with van der Waals surface area (Å²) in [6, 6.07) is 11.8. The molecule has 0 saturated carbocycles. The Labute approximate surface area is 148 Å². The Balaban J connectivity index is 2.04. The maximum Gasteiger partial charge on any atom is 0.191 e. The SMILES string of the molecule is CCNC(=NCc1cccc(Cl)c1)NCc1cccnc1N(C)C. The van der Waals surface area contributed by atoms with E-state index in [1.54, 1.807) is 6.20 Å². The Morgan fingerprint density at radius 1 is 1.21 bits per heavy atom. The fourth-order valence-corrected chi connectivity index (χ4v) is 2.51. The predicted octanol–water partition coefficient (Wildman–Crippen LogP) is 3.06. The number of guanidine groups is 1. The van der Waals surface area contributed by atoms with Crippen LogP contribution in [0.1, 0.15) is 18.1 Å². The normalized spacial score (nSPS) is 11.2. The highest BCUT2D eigenvalue weighted by atomic mass is 35.5. The van der Waals surface area contributed by atoms with Crippen molar-refractivity contribution >= 4 is 23.4 Å². The Morgan fingerprint density at radius 3 is 2.75 bits per heavy atom. The first-order valence-corrected chi connectivity index (χ1v) is 8.35. The summed E-state index contributed by atoms with van der Waals surface area (Å²) in [6.45, 7) is 4.08. The molecule has 0 saturated heterocycles. The maximum absolute atomic E-state index is 6.02. The molecule has 0 amide bonds. The molecule has 1 aromatic carbocycles. The molecular formula is C18H24ClN5. The third-order valence-corrected chi connectivity index (χ3v) is 3.63. The number of aromatic nitrogens is 1. The Morgan fingerprint density at radius 2 is 2.04 bits per heavy atom. The number of nitrogens with one attached hydrogen (secondary N) is 2. The quantitative estimate of drug-likeness (QED) is 0.624. The van der Waals surface area contributed by atoms with Crippen LogP contribution in [0.5, 0.6) is 0 Å². The van der Waals surface area contributed by atoms with Crippen LogP contribution in [0, 0.1) is 0 Å². The van der Waals surface area contributed by atoms with Crippen molar-refractivity contribution in [2.24, 2.45) is 4.99 Å². The number of hydrogen-bond donors (Lipinski definition) is 2. The van der Waals surface area contributed by atoms with Crippen LogP contribution in [0.2, 0.25) is 5.02 Å². The van der Waals surface area contributed by atoms with Gasteiger partial charge >= 0.3 is 0 Å². The lowest BCUT2D eigenvalue weighted by molar-refractivity contribution is 0.810. The van der Waals surface area contributed by atoms with Crippen LogP contribution in [0.15, 0.2) is 47.6 Å². The summed E-state index contributed by atoms with van der Waals surface area (Å²) >= 11 is 6.02. The molecule has 6 heteroatoms. The molecule has 2 aromatic rings. The molecule has 0 atom stereocenters. The summed E-state index contributed by atoms with van der Waals surface area (Å²) in [6.07, 6.45) is 1.80. The van der Waals surface area contributed by atoms with Crippen LogP contribution < -0.4 is 15.5 Å². The largest absolute Gasteiger partial charge is 0.362 e. The van der Waals surface area contributed by atoms with Gasteiger partial charge in [0.05, 0.1) is 6.54 Å². The Kier molecular flexibility index (Phi) is 6.88. The van der Waals surface area contributed by atoms with Gasteiger partial charge in [-0.05, 0) is 30.7 Å². The van der Waals surface area contributed by atoms with Gasteiger partial charge in [-0.3, -0.25) is 0 Å². The van der Waals surface area contributed by atoms with Gasteiger partial charge in [0, 0.05) is 44.0 Å².